The summed E-state index contributed by atoms with van der Waals surface area (Å²) >= 11 is 0. The highest BCUT2D eigenvalue weighted by Gasteiger charge is 2.30. The lowest BCUT2D eigenvalue weighted by Gasteiger charge is -2.28. The highest BCUT2D eigenvalue weighted by molar-refractivity contribution is 7.89. The van der Waals surface area contributed by atoms with E-state index in [0.717, 1.165) is 32.0 Å². The van der Waals surface area contributed by atoms with E-state index in [4.69, 9.17) is 9.47 Å². The maximum Gasteiger partial charge on any atom is 0.243 e. The largest absolute Gasteiger partial charge is 0.493 e. The van der Waals surface area contributed by atoms with E-state index in [-0.39, 0.29) is 0 Å². The van der Waals surface area contributed by atoms with Crippen LogP contribution in [0.4, 0.5) is 0 Å². The van der Waals surface area contributed by atoms with Crippen LogP contribution in [0.5, 0.6) is 11.5 Å². The highest BCUT2D eigenvalue weighted by Crippen LogP contribution is 2.34. The zero-order valence-corrected chi connectivity index (χ0v) is 18.3. The molecule has 0 atom stereocenters. The first-order valence-corrected chi connectivity index (χ1v) is 11.8. The van der Waals surface area contributed by atoms with Crippen LogP contribution in [0.15, 0.2) is 17.0 Å². The van der Waals surface area contributed by atoms with E-state index in [1.54, 1.807) is 23.5 Å². The lowest BCUT2D eigenvalue weighted by Crippen LogP contribution is -2.37. The number of hydrogen-bond donors (Lipinski definition) is 0. The number of rotatable bonds is 6. The van der Waals surface area contributed by atoms with E-state index in [1.165, 1.54) is 39.2 Å². The smallest absolute Gasteiger partial charge is 0.243 e. The van der Waals surface area contributed by atoms with Crippen LogP contribution in [0.1, 0.15) is 44.1 Å². The van der Waals surface area contributed by atoms with Crippen molar-refractivity contribution in [2.75, 3.05) is 46.9 Å². The van der Waals surface area contributed by atoms with Crippen molar-refractivity contribution in [1.29, 1.82) is 0 Å². The van der Waals surface area contributed by atoms with Crippen molar-refractivity contribution < 1.29 is 17.9 Å². The Morgan fingerprint density at radius 1 is 0.929 bits per heavy atom. The van der Waals surface area contributed by atoms with Gasteiger partial charge in [-0.15, -0.1) is 0 Å². The molecule has 1 aromatic rings. The zero-order chi connectivity index (χ0) is 20.1. The van der Waals surface area contributed by atoms with E-state index in [1.807, 2.05) is 6.92 Å². The van der Waals surface area contributed by atoms with Crippen molar-refractivity contribution in [2.24, 2.45) is 5.92 Å². The van der Waals surface area contributed by atoms with Crippen LogP contribution in [-0.4, -0.2) is 64.6 Å². The molecule has 1 aliphatic heterocycles. The van der Waals surface area contributed by atoms with Gasteiger partial charge in [-0.3, -0.25) is 0 Å². The summed E-state index contributed by atoms with van der Waals surface area (Å²) < 4.78 is 38.9. The number of nitrogens with zero attached hydrogens (tertiary/aromatic N) is 2. The summed E-state index contributed by atoms with van der Waals surface area (Å²) in [4.78, 5) is 2.78. The molecule has 0 N–H and O–H groups in total. The molecule has 0 unspecified atom stereocenters. The third-order valence-electron chi connectivity index (χ3n) is 6.09. The van der Waals surface area contributed by atoms with Gasteiger partial charge in [0.15, 0.2) is 11.5 Å². The second-order valence-corrected chi connectivity index (χ2v) is 9.94. The van der Waals surface area contributed by atoms with Gasteiger partial charge < -0.3 is 14.4 Å². The fourth-order valence-corrected chi connectivity index (χ4v) is 6.18. The quantitative estimate of drug-likeness (QED) is 0.720. The topological polar surface area (TPSA) is 59.1 Å². The number of sulfonamides is 1. The molecule has 7 heteroatoms. The Labute approximate surface area is 169 Å². The van der Waals surface area contributed by atoms with Crippen molar-refractivity contribution in [3.05, 3.63) is 17.7 Å². The average Bonchev–Trinajstić information content (AvgIpc) is 2.94. The maximum absolute atomic E-state index is 13.3. The molecule has 6 nitrogen and oxygen atoms in total. The Bertz CT molecular complexity index is 760. The second kappa shape index (κ2) is 9.46. The predicted molar refractivity (Wildman–Crippen MR) is 111 cm³/mol. The van der Waals surface area contributed by atoms with Gasteiger partial charge in [0.05, 0.1) is 19.1 Å². The van der Waals surface area contributed by atoms with E-state index in [0.29, 0.717) is 35.0 Å². The van der Waals surface area contributed by atoms with E-state index >= 15 is 0 Å². The Kier molecular flexibility index (Phi) is 7.23. The first kappa shape index (κ1) is 21.4. The minimum Gasteiger partial charge on any atom is -0.493 e. The van der Waals surface area contributed by atoms with Crippen molar-refractivity contribution in [3.63, 3.8) is 0 Å². The van der Waals surface area contributed by atoms with E-state index in [9.17, 15) is 8.42 Å². The van der Waals surface area contributed by atoms with Gasteiger partial charge in [0.25, 0.3) is 0 Å². The molecule has 0 bridgehead atoms. The number of benzene rings is 1. The molecule has 2 fully saturated rings. The summed E-state index contributed by atoms with van der Waals surface area (Å²) in [5.74, 6) is 1.78. The van der Waals surface area contributed by atoms with Crippen molar-refractivity contribution in [3.8, 4) is 11.5 Å². The van der Waals surface area contributed by atoms with Crippen LogP contribution in [0.25, 0.3) is 0 Å². The number of methoxy groups -OCH3 is 2. The van der Waals surface area contributed by atoms with Crippen molar-refractivity contribution in [2.45, 2.75) is 50.3 Å². The highest BCUT2D eigenvalue weighted by atomic mass is 32.2. The van der Waals surface area contributed by atoms with Crippen LogP contribution in [0.3, 0.4) is 0 Å². The molecule has 0 spiro atoms. The van der Waals surface area contributed by atoms with Gasteiger partial charge in [-0.25, -0.2) is 8.42 Å². The number of aryl methyl sites for hydroxylation is 1. The van der Waals surface area contributed by atoms with Crippen LogP contribution in [0, 0.1) is 12.8 Å². The first-order valence-electron chi connectivity index (χ1n) is 10.4. The molecule has 2 aliphatic rings. The van der Waals surface area contributed by atoms with Crippen LogP contribution in [-0.2, 0) is 10.0 Å². The molecular weight excluding hydrogens is 376 g/mol. The molecule has 1 heterocycles. The molecule has 0 radical (unpaired) electrons. The van der Waals surface area contributed by atoms with Crippen LogP contribution >= 0.6 is 0 Å². The summed E-state index contributed by atoms with van der Waals surface area (Å²) in [6.45, 7) is 5.82. The third kappa shape index (κ3) is 4.81. The van der Waals surface area contributed by atoms with E-state index < -0.39 is 10.0 Å². The molecule has 1 saturated heterocycles. The standard InChI is InChI=1S/C21H34N2O4S/c1-17-14-19(26-2)20(27-3)15-21(17)28(24,25)23-11-7-10-22(12-13-23)16-18-8-5-4-6-9-18/h14-15,18H,4-13,16H2,1-3H3. The molecule has 3 rings (SSSR count). The SMILES string of the molecule is COc1cc(C)c(S(=O)(=O)N2CCCN(CC3CCCCC3)CC2)cc1OC. The minimum atomic E-state index is -3.56. The normalized spacial score (nSPS) is 20.7. The summed E-state index contributed by atoms with van der Waals surface area (Å²) in [6, 6.07) is 3.33. The fraction of sp³-hybridized carbons (Fsp3) is 0.714. The number of hydrogen-bond acceptors (Lipinski definition) is 5. The lowest BCUT2D eigenvalue weighted by atomic mass is 9.89. The number of ether oxygens (including phenoxy) is 2. The van der Waals surface area contributed by atoms with Gasteiger partial charge in [0, 0.05) is 32.2 Å². The molecule has 158 valence electrons. The van der Waals surface area contributed by atoms with Gasteiger partial charge in [-0.1, -0.05) is 19.3 Å². The molecular formula is C21H34N2O4S. The van der Waals surface area contributed by atoms with E-state index in [2.05, 4.69) is 4.90 Å². The maximum atomic E-state index is 13.3. The monoisotopic (exact) mass is 410 g/mol. The Morgan fingerprint density at radius 3 is 2.29 bits per heavy atom. The minimum absolute atomic E-state index is 0.311. The summed E-state index contributed by atoms with van der Waals surface area (Å²) in [5, 5.41) is 0. The van der Waals surface area contributed by atoms with Gasteiger partial charge in [-0.05, 0) is 50.3 Å². The first-order chi connectivity index (χ1) is 13.5. The molecule has 28 heavy (non-hydrogen) atoms. The van der Waals surface area contributed by atoms with Gasteiger partial charge >= 0.3 is 0 Å². The molecule has 1 aliphatic carbocycles. The van der Waals surface area contributed by atoms with Gasteiger partial charge in [0.1, 0.15) is 0 Å². The molecule has 1 saturated carbocycles. The predicted octanol–water partition coefficient (Wildman–Crippen LogP) is 3.29. The Hall–Kier alpha value is -1.31. The van der Waals surface area contributed by atoms with Crippen molar-refractivity contribution in [1.82, 2.24) is 9.21 Å². The lowest BCUT2D eigenvalue weighted by molar-refractivity contribution is 0.208. The molecule has 1 aromatic carbocycles. The van der Waals surface area contributed by atoms with Gasteiger partial charge in [0.2, 0.25) is 10.0 Å². The van der Waals surface area contributed by atoms with Crippen molar-refractivity contribution >= 4 is 10.0 Å². The Morgan fingerprint density at radius 2 is 1.61 bits per heavy atom. The summed E-state index contributed by atoms with van der Waals surface area (Å²) in [7, 11) is -0.476. The summed E-state index contributed by atoms with van der Waals surface area (Å²) in [6.07, 6.45) is 7.58. The summed E-state index contributed by atoms with van der Waals surface area (Å²) in [5.41, 5.74) is 0.681. The Balaban J connectivity index is 1.72. The average molecular weight is 411 g/mol. The second-order valence-electron chi connectivity index (χ2n) is 8.03. The van der Waals surface area contributed by atoms with Crippen LogP contribution in [0.2, 0.25) is 0 Å². The van der Waals surface area contributed by atoms with Gasteiger partial charge in [-0.2, -0.15) is 4.31 Å². The third-order valence-corrected chi connectivity index (χ3v) is 8.13. The fourth-order valence-electron chi connectivity index (χ4n) is 4.48. The molecule has 0 amide bonds. The zero-order valence-electron chi connectivity index (χ0n) is 17.4. The molecule has 0 aromatic heterocycles. The van der Waals surface area contributed by atoms with Crippen LogP contribution < -0.4 is 9.47 Å².